The van der Waals surface area contributed by atoms with Crippen LogP contribution >= 0.6 is 0 Å². The molecule has 0 atom stereocenters. The van der Waals surface area contributed by atoms with Gasteiger partial charge in [-0.1, -0.05) is 77.8 Å². The van der Waals surface area contributed by atoms with Crippen LogP contribution in [0.25, 0.3) is 11.1 Å². The van der Waals surface area contributed by atoms with Crippen molar-refractivity contribution in [1.82, 2.24) is 0 Å². The number of ether oxygens (including phenoxy) is 2. The number of aliphatic carboxylic acids is 1. The Bertz CT molecular complexity index is 1220. The van der Waals surface area contributed by atoms with Crippen LogP contribution in [-0.2, 0) is 24.2 Å². The second-order valence-electron chi connectivity index (χ2n) is 10.2. The Balaban J connectivity index is 0.00000260. The number of benzene rings is 3. The Kier molecular flexibility index (Phi) is 12.4. The predicted molar refractivity (Wildman–Crippen MR) is 153 cm³/mol. The summed E-state index contributed by atoms with van der Waals surface area (Å²) in [7, 11) is 1.56. The van der Waals surface area contributed by atoms with E-state index < -0.39 is 11.8 Å². The lowest BCUT2D eigenvalue weighted by Gasteiger charge is -2.26. The second kappa shape index (κ2) is 15.2. The fraction of sp³-hybridized carbons (Fsp3) is 0.424. The number of aryl methyl sites for hydroxylation is 1. The molecule has 3 aromatic rings. The number of carboxylic acids is 1. The number of hydrogen-bond donors (Lipinski definition) is 1. The van der Waals surface area contributed by atoms with Gasteiger partial charge in [-0.2, -0.15) is 0 Å². The first-order chi connectivity index (χ1) is 18.6. The number of hydrogen-bond acceptors (Lipinski definition) is 3. The molecule has 0 aliphatic carbocycles. The zero-order valence-corrected chi connectivity index (χ0v) is 24.1. The summed E-state index contributed by atoms with van der Waals surface area (Å²) in [5, 5.41) is 8.91. The zero-order chi connectivity index (χ0) is 29.0. The Morgan fingerprint density at radius 3 is 2.38 bits per heavy atom. The molecule has 0 amide bonds. The third kappa shape index (κ3) is 9.38. The van der Waals surface area contributed by atoms with Gasteiger partial charge < -0.3 is 14.6 Å². The highest BCUT2D eigenvalue weighted by Crippen LogP contribution is 2.36. The molecule has 0 bridgehead atoms. The highest BCUT2D eigenvalue weighted by atomic mass is 19.1. The molecule has 0 saturated carbocycles. The maximum atomic E-state index is 14.9. The largest absolute Gasteiger partial charge is 0.497 e. The molecule has 0 fully saturated rings. The van der Waals surface area contributed by atoms with Gasteiger partial charge in [0.25, 0.3) is 0 Å². The summed E-state index contributed by atoms with van der Waals surface area (Å²) in [6.07, 6.45) is 3.93. The minimum absolute atomic E-state index is 0.00413. The first-order valence-electron chi connectivity index (χ1n) is 13.7. The minimum atomic E-state index is -0.979. The van der Waals surface area contributed by atoms with Gasteiger partial charge in [-0.3, -0.25) is 4.79 Å². The van der Waals surface area contributed by atoms with Crippen LogP contribution in [0, 0.1) is 17.0 Å². The monoisotopic (exact) mass is 540 g/mol. The predicted octanol–water partition coefficient (Wildman–Crippen LogP) is 9.02. The Morgan fingerprint density at radius 1 is 0.974 bits per heavy atom. The molecule has 0 spiro atoms. The van der Waals surface area contributed by atoms with Gasteiger partial charge in [-0.25, -0.2) is 8.78 Å². The average Bonchev–Trinajstić information content (AvgIpc) is 2.92. The summed E-state index contributed by atoms with van der Waals surface area (Å²) >= 11 is 0. The van der Waals surface area contributed by atoms with Crippen LogP contribution in [0.5, 0.6) is 11.5 Å². The molecule has 3 aromatic carbocycles. The number of carbonyl (C=O) groups is 1. The van der Waals surface area contributed by atoms with E-state index in [9.17, 15) is 13.6 Å². The van der Waals surface area contributed by atoms with Gasteiger partial charge in [0.05, 0.1) is 7.11 Å². The van der Waals surface area contributed by atoms with Gasteiger partial charge >= 0.3 is 5.97 Å². The van der Waals surface area contributed by atoms with E-state index in [1.54, 1.807) is 31.4 Å². The van der Waals surface area contributed by atoms with E-state index in [1.165, 1.54) is 12.1 Å². The maximum absolute atomic E-state index is 14.9. The molecule has 6 heteroatoms. The van der Waals surface area contributed by atoms with Crippen LogP contribution in [0.3, 0.4) is 0 Å². The SMILES string of the molecule is CC.CCCCC(C)(C)Cc1cc(COc2cccc(CCC(=O)O)c2F)ccc1-c1cc(OC)ccc1F. The molecule has 0 saturated heterocycles. The van der Waals surface area contributed by atoms with Crippen LogP contribution in [0.1, 0.15) is 77.0 Å². The molecular formula is C33H42F2O4. The molecular weight excluding hydrogens is 498 g/mol. The van der Waals surface area contributed by atoms with E-state index >= 15 is 0 Å². The van der Waals surface area contributed by atoms with E-state index in [0.29, 0.717) is 16.9 Å². The summed E-state index contributed by atoms with van der Waals surface area (Å²) in [6, 6.07) is 15.3. The Labute approximate surface area is 232 Å². The molecule has 0 heterocycles. The lowest BCUT2D eigenvalue weighted by Crippen LogP contribution is -2.16. The topological polar surface area (TPSA) is 55.8 Å². The molecule has 39 heavy (non-hydrogen) atoms. The van der Waals surface area contributed by atoms with Crippen molar-refractivity contribution in [2.45, 2.75) is 79.8 Å². The van der Waals surface area contributed by atoms with Crippen LogP contribution in [0.15, 0.2) is 54.6 Å². The highest BCUT2D eigenvalue weighted by molar-refractivity contribution is 5.70. The van der Waals surface area contributed by atoms with Gasteiger partial charge in [0.2, 0.25) is 0 Å². The molecule has 0 unspecified atom stereocenters. The molecule has 0 aliphatic rings. The van der Waals surface area contributed by atoms with Crippen molar-refractivity contribution in [2.75, 3.05) is 7.11 Å². The van der Waals surface area contributed by atoms with Gasteiger partial charge in [0.15, 0.2) is 11.6 Å². The molecule has 1 N–H and O–H groups in total. The summed E-state index contributed by atoms with van der Waals surface area (Å²) in [6.45, 7) is 10.7. The van der Waals surface area contributed by atoms with E-state index in [2.05, 4.69) is 20.8 Å². The van der Waals surface area contributed by atoms with E-state index in [1.807, 2.05) is 32.0 Å². The molecule has 0 aliphatic heterocycles. The van der Waals surface area contributed by atoms with Crippen molar-refractivity contribution >= 4 is 5.97 Å². The van der Waals surface area contributed by atoms with Crippen molar-refractivity contribution in [3.05, 3.63) is 82.9 Å². The van der Waals surface area contributed by atoms with Crippen molar-refractivity contribution in [3.8, 4) is 22.6 Å². The van der Waals surface area contributed by atoms with Crippen LogP contribution in [0.4, 0.5) is 8.78 Å². The maximum Gasteiger partial charge on any atom is 0.303 e. The Morgan fingerprint density at radius 2 is 1.72 bits per heavy atom. The third-order valence-electron chi connectivity index (χ3n) is 6.56. The number of halogens is 2. The first-order valence-corrected chi connectivity index (χ1v) is 13.7. The number of unbranched alkanes of at least 4 members (excludes halogenated alkanes) is 1. The van der Waals surface area contributed by atoms with E-state index in [0.717, 1.165) is 42.4 Å². The fourth-order valence-corrected chi connectivity index (χ4v) is 4.51. The normalized spacial score (nSPS) is 11.0. The lowest BCUT2D eigenvalue weighted by atomic mass is 9.79. The Hall–Kier alpha value is -3.41. The molecule has 0 aromatic heterocycles. The van der Waals surface area contributed by atoms with Crippen molar-refractivity contribution in [3.63, 3.8) is 0 Å². The third-order valence-corrected chi connectivity index (χ3v) is 6.56. The van der Waals surface area contributed by atoms with Crippen molar-refractivity contribution < 1.29 is 28.2 Å². The molecule has 0 radical (unpaired) electrons. The smallest absolute Gasteiger partial charge is 0.303 e. The minimum Gasteiger partial charge on any atom is -0.497 e. The van der Waals surface area contributed by atoms with Crippen molar-refractivity contribution in [2.24, 2.45) is 5.41 Å². The lowest BCUT2D eigenvalue weighted by molar-refractivity contribution is -0.136. The quantitative estimate of drug-likeness (QED) is 0.235. The molecule has 4 nitrogen and oxygen atoms in total. The number of carboxylic acid groups (broad SMARTS) is 1. The van der Waals surface area contributed by atoms with E-state index in [-0.39, 0.29) is 36.4 Å². The highest BCUT2D eigenvalue weighted by Gasteiger charge is 2.22. The number of methoxy groups -OCH3 is 1. The van der Waals surface area contributed by atoms with E-state index in [4.69, 9.17) is 14.6 Å². The first kappa shape index (κ1) is 31.8. The van der Waals surface area contributed by atoms with Crippen LogP contribution in [0.2, 0.25) is 0 Å². The fourth-order valence-electron chi connectivity index (χ4n) is 4.51. The summed E-state index contributed by atoms with van der Waals surface area (Å²) in [5.41, 5.74) is 3.41. The van der Waals surface area contributed by atoms with Gasteiger partial charge in [0.1, 0.15) is 18.2 Å². The summed E-state index contributed by atoms with van der Waals surface area (Å²) in [4.78, 5) is 10.9. The summed E-state index contributed by atoms with van der Waals surface area (Å²) < 4.78 is 40.9. The van der Waals surface area contributed by atoms with Gasteiger partial charge in [0, 0.05) is 12.0 Å². The molecule has 212 valence electrons. The standard InChI is InChI=1S/C31H36F2O4.C2H6/c1-5-6-16-31(2,3)19-23-17-21(10-13-25(23)26-18-24(36-4)12-14-27(26)32)20-37-28-9-7-8-22(30(28)33)11-15-29(34)35;1-2/h7-10,12-14,17-18H,5-6,11,15-16,19-20H2,1-4H3,(H,34,35);1-2H3. The van der Waals surface area contributed by atoms with Gasteiger partial charge in [-0.05, 0) is 71.2 Å². The number of rotatable bonds is 13. The average molecular weight is 541 g/mol. The van der Waals surface area contributed by atoms with Crippen LogP contribution in [-0.4, -0.2) is 18.2 Å². The van der Waals surface area contributed by atoms with Gasteiger partial charge in [-0.15, -0.1) is 0 Å². The second-order valence-corrected chi connectivity index (χ2v) is 10.2. The summed E-state index contributed by atoms with van der Waals surface area (Å²) in [5.74, 6) is -1.18. The van der Waals surface area contributed by atoms with Crippen LogP contribution < -0.4 is 9.47 Å². The molecule has 3 rings (SSSR count). The van der Waals surface area contributed by atoms with Crippen molar-refractivity contribution in [1.29, 1.82) is 0 Å². The zero-order valence-electron chi connectivity index (χ0n) is 24.1.